The average molecular weight is 232 g/mol. The minimum absolute atomic E-state index is 0.0519. The molecule has 2 rings (SSSR count). The molecule has 0 amide bonds. The van der Waals surface area contributed by atoms with Crippen LogP contribution in [0.2, 0.25) is 0 Å². The van der Waals surface area contributed by atoms with Gasteiger partial charge in [-0.25, -0.2) is 0 Å². The molecule has 3 atom stereocenters. The summed E-state index contributed by atoms with van der Waals surface area (Å²) in [4.78, 5) is 10.5. The first-order chi connectivity index (χ1) is 7.25. The summed E-state index contributed by atoms with van der Waals surface area (Å²) in [7, 11) is 0. The van der Waals surface area contributed by atoms with Gasteiger partial charge in [-0.3, -0.25) is 4.79 Å². The highest BCUT2D eigenvalue weighted by molar-refractivity contribution is 7.99. The van der Waals surface area contributed by atoms with Crippen LogP contribution in [-0.4, -0.2) is 41.6 Å². The van der Waals surface area contributed by atoms with Gasteiger partial charge in [0.05, 0.1) is 19.1 Å². The zero-order chi connectivity index (χ0) is 10.7. The third-order valence-electron chi connectivity index (χ3n) is 2.76. The van der Waals surface area contributed by atoms with E-state index in [0.29, 0.717) is 12.5 Å². The molecule has 0 aromatic carbocycles. The number of ether oxygens (including phenoxy) is 2. The van der Waals surface area contributed by atoms with E-state index in [1.165, 1.54) is 12.2 Å². The molecule has 2 fully saturated rings. The van der Waals surface area contributed by atoms with Gasteiger partial charge in [-0.2, -0.15) is 11.8 Å². The maximum Gasteiger partial charge on any atom is 0.306 e. The van der Waals surface area contributed by atoms with Crippen LogP contribution in [0.5, 0.6) is 0 Å². The van der Waals surface area contributed by atoms with Gasteiger partial charge in [-0.15, -0.1) is 0 Å². The number of carboxylic acids is 1. The molecule has 2 aliphatic rings. The molecule has 4 nitrogen and oxygen atoms in total. The molecule has 2 saturated heterocycles. The Morgan fingerprint density at radius 1 is 1.53 bits per heavy atom. The second-order valence-electron chi connectivity index (χ2n) is 4.03. The zero-order valence-electron chi connectivity index (χ0n) is 8.55. The van der Waals surface area contributed by atoms with Gasteiger partial charge < -0.3 is 14.6 Å². The second kappa shape index (κ2) is 5.18. The summed E-state index contributed by atoms with van der Waals surface area (Å²) in [5.74, 6) is 1.93. The molecule has 86 valence electrons. The van der Waals surface area contributed by atoms with Crippen LogP contribution in [0.4, 0.5) is 0 Å². The monoisotopic (exact) mass is 232 g/mol. The first-order valence-electron chi connectivity index (χ1n) is 5.32. The normalized spacial score (nSPS) is 36.7. The molecule has 0 aromatic heterocycles. The first-order valence-corrected chi connectivity index (χ1v) is 6.48. The molecule has 15 heavy (non-hydrogen) atoms. The fourth-order valence-corrected chi connectivity index (χ4v) is 3.16. The smallest absolute Gasteiger partial charge is 0.306 e. The standard InChI is InChI=1S/C10H16O4S/c11-9(12)4-8-5-13-10(14-8)7-2-1-3-15-6-7/h7-8,10H,1-6H2,(H,11,12). The van der Waals surface area contributed by atoms with Crippen LogP contribution in [-0.2, 0) is 14.3 Å². The molecule has 5 heteroatoms. The third kappa shape index (κ3) is 3.09. The predicted molar refractivity (Wildman–Crippen MR) is 56.9 cm³/mol. The molecule has 0 radical (unpaired) electrons. The van der Waals surface area contributed by atoms with Crippen LogP contribution in [0, 0.1) is 5.92 Å². The lowest BCUT2D eigenvalue weighted by atomic mass is 10.1. The molecular weight excluding hydrogens is 216 g/mol. The summed E-state index contributed by atoms with van der Waals surface area (Å²) in [6.45, 7) is 0.429. The van der Waals surface area contributed by atoms with Crippen molar-refractivity contribution in [1.29, 1.82) is 0 Å². The molecule has 0 bridgehead atoms. The summed E-state index contributed by atoms with van der Waals surface area (Å²) in [6.07, 6.45) is 1.98. The number of thioether (sulfide) groups is 1. The lowest BCUT2D eigenvalue weighted by Gasteiger charge is -2.25. The highest BCUT2D eigenvalue weighted by Crippen LogP contribution is 2.30. The Labute approximate surface area is 93.3 Å². The third-order valence-corrected chi connectivity index (χ3v) is 4.00. The number of aliphatic carboxylic acids is 1. The molecule has 2 heterocycles. The minimum atomic E-state index is -0.817. The Morgan fingerprint density at radius 3 is 3.07 bits per heavy atom. The van der Waals surface area contributed by atoms with Gasteiger partial charge in [0.1, 0.15) is 0 Å². The molecule has 0 aromatic rings. The van der Waals surface area contributed by atoms with E-state index < -0.39 is 5.97 Å². The summed E-state index contributed by atoms with van der Waals surface area (Å²) >= 11 is 1.93. The SMILES string of the molecule is O=C(O)CC1COC(C2CCCSC2)O1. The summed E-state index contributed by atoms with van der Waals surface area (Å²) in [5, 5.41) is 8.63. The van der Waals surface area contributed by atoms with Crippen molar-refractivity contribution in [3.63, 3.8) is 0 Å². The van der Waals surface area contributed by atoms with E-state index >= 15 is 0 Å². The van der Waals surface area contributed by atoms with Crippen molar-refractivity contribution < 1.29 is 19.4 Å². The van der Waals surface area contributed by atoms with E-state index in [1.807, 2.05) is 11.8 Å². The lowest BCUT2D eigenvalue weighted by Crippen LogP contribution is -2.27. The van der Waals surface area contributed by atoms with Crippen molar-refractivity contribution >= 4 is 17.7 Å². The maximum absolute atomic E-state index is 10.5. The Balaban J connectivity index is 1.78. The van der Waals surface area contributed by atoms with Gasteiger partial charge in [-0.1, -0.05) is 0 Å². The number of carbonyl (C=O) groups is 1. The highest BCUT2D eigenvalue weighted by atomic mass is 32.2. The van der Waals surface area contributed by atoms with Gasteiger partial charge in [-0.05, 0) is 18.6 Å². The summed E-state index contributed by atoms with van der Waals surface area (Å²) in [5.41, 5.74) is 0. The molecule has 0 saturated carbocycles. The Kier molecular flexibility index (Phi) is 3.88. The van der Waals surface area contributed by atoms with Crippen molar-refractivity contribution in [3.05, 3.63) is 0 Å². The predicted octanol–water partition coefficient (Wildman–Crippen LogP) is 1.35. The van der Waals surface area contributed by atoms with Gasteiger partial charge >= 0.3 is 5.97 Å². The number of hydrogen-bond donors (Lipinski definition) is 1. The number of carboxylic acid groups (broad SMARTS) is 1. The molecule has 3 unspecified atom stereocenters. The first kappa shape index (κ1) is 11.2. The van der Waals surface area contributed by atoms with Crippen LogP contribution in [0.1, 0.15) is 19.3 Å². The van der Waals surface area contributed by atoms with Crippen molar-refractivity contribution in [2.24, 2.45) is 5.92 Å². The topological polar surface area (TPSA) is 55.8 Å². The quantitative estimate of drug-likeness (QED) is 0.796. The minimum Gasteiger partial charge on any atom is -0.481 e. The molecule has 1 N–H and O–H groups in total. The molecule has 2 aliphatic heterocycles. The molecule has 0 spiro atoms. The van der Waals surface area contributed by atoms with E-state index in [-0.39, 0.29) is 18.8 Å². The van der Waals surface area contributed by atoms with Crippen molar-refractivity contribution in [2.45, 2.75) is 31.7 Å². The van der Waals surface area contributed by atoms with Crippen LogP contribution in [0.3, 0.4) is 0 Å². The maximum atomic E-state index is 10.5. The molecule has 0 aliphatic carbocycles. The van der Waals surface area contributed by atoms with E-state index in [0.717, 1.165) is 12.2 Å². The average Bonchev–Trinajstić information content (AvgIpc) is 2.67. The Hall–Kier alpha value is -0.260. The van der Waals surface area contributed by atoms with Gasteiger partial charge in [0.25, 0.3) is 0 Å². The van der Waals surface area contributed by atoms with Crippen molar-refractivity contribution in [3.8, 4) is 0 Å². The second-order valence-corrected chi connectivity index (χ2v) is 5.18. The van der Waals surface area contributed by atoms with Crippen LogP contribution >= 0.6 is 11.8 Å². The van der Waals surface area contributed by atoms with E-state index in [9.17, 15) is 4.79 Å². The van der Waals surface area contributed by atoms with Gasteiger partial charge in [0.15, 0.2) is 6.29 Å². The highest BCUT2D eigenvalue weighted by Gasteiger charge is 2.34. The van der Waals surface area contributed by atoms with E-state index in [1.54, 1.807) is 0 Å². The van der Waals surface area contributed by atoms with Crippen LogP contribution in [0.25, 0.3) is 0 Å². The Bertz CT molecular complexity index is 227. The zero-order valence-corrected chi connectivity index (χ0v) is 9.37. The fourth-order valence-electron chi connectivity index (χ4n) is 2.00. The van der Waals surface area contributed by atoms with Crippen molar-refractivity contribution in [2.75, 3.05) is 18.1 Å². The fraction of sp³-hybridized carbons (Fsp3) is 0.900. The summed E-state index contributed by atoms with van der Waals surface area (Å²) in [6, 6.07) is 0. The largest absolute Gasteiger partial charge is 0.481 e. The number of rotatable bonds is 3. The lowest BCUT2D eigenvalue weighted by molar-refractivity contribution is -0.141. The number of hydrogen-bond acceptors (Lipinski definition) is 4. The van der Waals surface area contributed by atoms with Crippen LogP contribution in [0.15, 0.2) is 0 Å². The van der Waals surface area contributed by atoms with Gasteiger partial charge in [0.2, 0.25) is 0 Å². The Morgan fingerprint density at radius 2 is 2.40 bits per heavy atom. The van der Waals surface area contributed by atoms with E-state index in [2.05, 4.69) is 0 Å². The summed E-state index contributed by atoms with van der Waals surface area (Å²) < 4.78 is 11.1. The molecular formula is C10H16O4S. The van der Waals surface area contributed by atoms with Crippen LogP contribution < -0.4 is 0 Å². The van der Waals surface area contributed by atoms with Gasteiger partial charge in [0, 0.05) is 11.7 Å². The van der Waals surface area contributed by atoms with Crippen molar-refractivity contribution in [1.82, 2.24) is 0 Å². The van der Waals surface area contributed by atoms with E-state index in [4.69, 9.17) is 14.6 Å².